The Balaban J connectivity index is 0.000000338. The largest absolute Gasteiger partial charge is 0.394 e. The Morgan fingerprint density at radius 3 is 2.48 bits per heavy atom. The molecule has 0 amide bonds. The summed E-state index contributed by atoms with van der Waals surface area (Å²) in [4.78, 5) is 8.80. The van der Waals surface area contributed by atoms with E-state index in [1.54, 1.807) is 0 Å². The molecule has 9 heteroatoms. The maximum atomic E-state index is 8.74. The summed E-state index contributed by atoms with van der Waals surface area (Å²) in [5.41, 5.74) is 8.79. The van der Waals surface area contributed by atoms with E-state index in [1.807, 2.05) is 24.5 Å². The maximum Gasteiger partial charge on any atom is 0.394 e. The number of nitrogens with zero attached hydrogens (tertiary/aromatic N) is 3. The van der Waals surface area contributed by atoms with E-state index in [2.05, 4.69) is 34.4 Å². The molecule has 1 aromatic carbocycles. The first-order valence-electron chi connectivity index (χ1n) is 6.85. The second-order valence-corrected chi connectivity index (χ2v) is 6.35. The number of imidazole rings is 1. The number of aromatic nitrogens is 3. The number of hydrogen-bond acceptors (Lipinski definition) is 5. The zero-order valence-electron chi connectivity index (χ0n) is 12.7. The molecule has 23 heavy (non-hydrogen) atoms. The third kappa shape index (κ3) is 4.38. The number of anilines is 1. The molecule has 0 fully saturated rings. The minimum Gasteiger partial charge on any atom is -0.382 e. The highest BCUT2D eigenvalue weighted by molar-refractivity contribution is 7.79. The fourth-order valence-corrected chi connectivity index (χ4v) is 2.34. The highest BCUT2D eigenvalue weighted by atomic mass is 32.3. The van der Waals surface area contributed by atoms with Gasteiger partial charge in [-0.15, -0.1) is 0 Å². The molecule has 3 rings (SSSR count). The van der Waals surface area contributed by atoms with Gasteiger partial charge in [0.05, 0.1) is 17.4 Å². The monoisotopic (exact) mass is 338 g/mol. The van der Waals surface area contributed by atoms with Crippen molar-refractivity contribution in [2.75, 3.05) is 5.73 Å². The van der Waals surface area contributed by atoms with Crippen LogP contribution in [0.2, 0.25) is 0 Å². The Morgan fingerprint density at radius 2 is 1.87 bits per heavy atom. The Kier molecular flexibility index (Phi) is 4.83. The van der Waals surface area contributed by atoms with Crippen LogP contribution in [0.5, 0.6) is 0 Å². The van der Waals surface area contributed by atoms with E-state index in [4.69, 9.17) is 23.3 Å². The van der Waals surface area contributed by atoms with Crippen LogP contribution in [0, 0.1) is 5.92 Å². The zero-order valence-corrected chi connectivity index (χ0v) is 13.5. The van der Waals surface area contributed by atoms with Gasteiger partial charge in [-0.05, 0) is 12.0 Å². The number of nitrogens with two attached hydrogens (primary N) is 1. The average Bonchev–Trinajstić information content (AvgIpc) is 2.81. The summed E-state index contributed by atoms with van der Waals surface area (Å²) in [6, 6.07) is 8.05. The third-order valence-electron chi connectivity index (χ3n) is 3.04. The molecular weight excluding hydrogens is 320 g/mol. The molecule has 0 aliphatic rings. The lowest BCUT2D eigenvalue weighted by atomic mass is 10.1. The number of hydrogen-bond donors (Lipinski definition) is 3. The normalized spacial score (nSPS) is 11.7. The number of benzene rings is 1. The van der Waals surface area contributed by atoms with Crippen molar-refractivity contribution in [1.29, 1.82) is 0 Å². The van der Waals surface area contributed by atoms with Crippen molar-refractivity contribution in [3.05, 3.63) is 30.6 Å². The first kappa shape index (κ1) is 17.1. The van der Waals surface area contributed by atoms with Gasteiger partial charge in [0, 0.05) is 11.9 Å². The molecule has 2 aromatic heterocycles. The molecule has 0 spiro atoms. The summed E-state index contributed by atoms with van der Waals surface area (Å²) in [7, 11) is -4.67. The van der Waals surface area contributed by atoms with Crippen molar-refractivity contribution < 1.29 is 17.5 Å². The third-order valence-corrected chi connectivity index (χ3v) is 3.04. The van der Waals surface area contributed by atoms with Crippen molar-refractivity contribution in [1.82, 2.24) is 14.5 Å². The van der Waals surface area contributed by atoms with Gasteiger partial charge in [-0.2, -0.15) is 8.42 Å². The predicted molar refractivity (Wildman–Crippen MR) is 88.5 cm³/mol. The van der Waals surface area contributed by atoms with Crippen LogP contribution in [0.3, 0.4) is 0 Å². The van der Waals surface area contributed by atoms with E-state index in [0.29, 0.717) is 11.7 Å². The fourth-order valence-electron chi connectivity index (χ4n) is 2.34. The summed E-state index contributed by atoms with van der Waals surface area (Å²) in [5.74, 6) is 1.07. The van der Waals surface area contributed by atoms with Gasteiger partial charge in [0.25, 0.3) is 0 Å². The molecule has 3 aromatic rings. The van der Waals surface area contributed by atoms with Gasteiger partial charge in [0.1, 0.15) is 5.52 Å². The van der Waals surface area contributed by atoms with Gasteiger partial charge in [0.2, 0.25) is 0 Å². The summed E-state index contributed by atoms with van der Waals surface area (Å²) >= 11 is 0. The molecule has 0 bridgehead atoms. The molecular formula is C14H18N4O4S. The molecule has 0 aliphatic carbocycles. The Morgan fingerprint density at radius 1 is 1.26 bits per heavy atom. The fraction of sp³-hybridized carbons (Fsp3) is 0.286. The van der Waals surface area contributed by atoms with Crippen LogP contribution in [-0.2, 0) is 16.9 Å². The molecule has 8 nitrogen and oxygen atoms in total. The van der Waals surface area contributed by atoms with Gasteiger partial charge < -0.3 is 10.3 Å². The van der Waals surface area contributed by atoms with Crippen LogP contribution in [0.25, 0.3) is 21.9 Å². The van der Waals surface area contributed by atoms with E-state index in [1.165, 1.54) is 0 Å². The Bertz CT molecular complexity index is 927. The Hall–Kier alpha value is -2.23. The quantitative estimate of drug-likeness (QED) is 0.610. The van der Waals surface area contributed by atoms with Gasteiger partial charge in [-0.25, -0.2) is 9.97 Å². The molecule has 0 saturated heterocycles. The number of rotatable bonds is 2. The summed E-state index contributed by atoms with van der Waals surface area (Å²) in [6.07, 6.45) is 1.86. The number of fused-ring (bicyclic) bond motifs is 3. The SMILES string of the molecule is CC(C)Cn1cnc2c(N)nc3ccccc3c21.O=S(=O)(O)O. The minimum atomic E-state index is -4.67. The molecule has 2 heterocycles. The van der Waals surface area contributed by atoms with Crippen LogP contribution < -0.4 is 5.73 Å². The molecule has 0 atom stereocenters. The van der Waals surface area contributed by atoms with E-state index < -0.39 is 10.4 Å². The topological polar surface area (TPSA) is 131 Å². The zero-order chi connectivity index (χ0) is 17.2. The molecule has 0 unspecified atom stereocenters. The second kappa shape index (κ2) is 6.49. The summed E-state index contributed by atoms with van der Waals surface area (Å²) in [6.45, 7) is 5.32. The van der Waals surface area contributed by atoms with Crippen molar-refractivity contribution in [2.24, 2.45) is 5.92 Å². The van der Waals surface area contributed by atoms with Crippen LogP contribution >= 0.6 is 0 Å². The van der Waals surface area contributed by atoms with Gasteiger partial charge >= 0.3 is 10.4 Å². The lowest BCUT2D eigenvalue weighted by Gasteiger charge is -2.09. The van der Waals surface area contributed by atoms with Crippen molar-refractivity contribution in [2.45, 2.75) is 20.4 Å². The van der Waals surface area contributed by atoms with E-state index >= 15 is 0 Å². The average molecular weight is 338 g/mol. The number of para-hydroxylation sites is 1. The van der Waals surface area contributed by atoms with Crippen molar-refractivity contribution in [3.63, 3.8) is 0 Å². The second-order valence-electron chi connectivity index (χ2n) is 5.45. The first-order valence-corrected chi connectivity index (χ1v) is 8.25. The smallest absolute Gasteiger partial charge is 0.382 e. The standard InChI is InChI=1S/C14H16N4.H2O4S/c1-9(2)7-18-8-16-12-13(18)10-5-3-4-6-11(10)17-14(12)15;1-5(2,3)4/h3-6,8-9H,7H2,1-2H3,(H2,15,17);(H2,1,2,3,4). The highest BCUT2D eigenvalue weighted by Gasteiger charge is 2.12. The van der Waals surface area contributed by atoms with E-state index in [-0.39, 0.29) is 0 Å². The number of pyridine rings is 1. The molecule has 0 saturated carbocycles. The molecule has 0 aliphatic heterocycles. The van der Waals surface area contributed by atoms with E-state index in [0.717, 1.165) is 28.5 Å². The maximum absolute atomic E-state index is 8.74. The highest BCUT2D eigenvalue weighted by Crippen LogP contribution is 2.27. The van der Waals surface area contributed by atoms with Crippen LogP contribution in [0.15, 0.2) is 30.6 Å². The van der Waals surface area contributed by atoms with Crippen molar-refractivity contribution >= 4 is 38.2 Å². The lowest BCUT2D eigenvalue weighted by molar-refractivity contribution is 0.381. The van der Waals surface area contributed by atoms with Gasteiger partial charge in [0.15, 0.2) is 5.82 Å². The molecule has 124 valence electrons. The van der Waals surface area contributed by atoms with Gasteiger partial charge in [-0.1, -0.05) is 32.0 Å². The first-order chi connectivity index (χ1) is 10.7. The van der Waals surface area contributed by atoms with Crippen LogP contribution in [0.1, 0.15) is 13.8 Å². The van der Waals surface area contributed by atoms with Gasteiger partial charge in [-0.3, -0.25) is 9.11 Å². The van der Waals surface area contributed by atoms with Crippen LogP contribution in [-0.4, -0.2) is 32.1 Å². The Labute approximate surface area is 133 Å². The van der Waals surface area contributed by atoms with Crippen LogP contribution in [0.4, 0.5) is 5.82 Å². The lowest BCUT2D eigenvalue weighted by Crippen LogP contribution is -2.03. The summed E-state index contributed by atoms with van der Waals surface area (Å²) < 4.78 is 33.8. The van der Waals surface area contributed by atoms with Crippen molar-refractivity contribution in [3.8, 4) is 0 Å². The molecule has 4 N–H and O–H groups in total. The number of nitrogen functional groups attached to an aromatic ring is 1. The minimum absolute atomic E-state index is 0.506. The molecule has 0 radical (unpaired) electrons. The predicted octanol–water partition coefficient (Wildman–Crippen LogP) is 2.17. The van der Waals surface area contributed by atoms with E-state index in [9.17, 15) is 0 Å². The summed E-state index contributed by atoms with van der Waals surface area (Å²) in [5, 5.41) is 1.11.